The molecule has 0 spiro atoms. The van der Waals surface area contributed by atoms with Crippen molar-refractivity contribution >= 4 is 33.9 Å². The minimum Gasteiger partial charge on any atom is -0.381 e. The van der Waals surface area contributed by atoms with Crippen LogP contribution in [0.25, 0.3) is 0 Å². The number of hydrogen-bond donors (Lipinski definition) is 1. The van der Waals surface area contributed by atoms with Gasteiger partial charge in [-0.05, 0) is 72.2 Å². The second kappa shape index (κ2) is 6.20. The van der Waals surface area contributed by atoms with Crippen LogP contribution in [-0.2, 0) is 11.2 Å². The van der Waals surface area contributed by atoms with Gasteiger partial charge in [0.15, 0.2) is 0 Å². The fraction of sp³-hybridized carbons (Fsp3) is 0.714. The lowest BCUT2D eigenvalue weighted by Crippen LogP contribution is -2.33. The molecule has 1 aliphatic heterocycles. The van der Waals surface area contributed by atoms with Gasteiger partial charge in [0.2, 0.25) is 0 Å². The number of ether oxygens (including phenoxy) is 1. The van der Waals surface area contributed by atoms with Crippen LogP contribution in [0.15, 0.2) is 6.07 Å². The van der Waals surface area contributed by atoms with Gasteiger partial charge in [0.05, 0.1) is 9.49 Å². The molecular formula is C14H20INOS. The van der Waals surface area contributed by atoms with Crippen LogP contribution in [0.5, 0.6) is 0 Å². The van der Waals surface area contributed by atoms with Crippen LogP contribution in [0.4, 0.5) is 0 Å². The van der Waals surface area contributed by atoms with Crippen LogP contribution in [0, 0.1) is 8.80 Å². The number of rotatable bonds is 3. The monoisotopic (exact) mass is 377 g/mol. The molecule has 0 radical (unpaired) electrons. The molecule has 1 aromatic heterocycles. The smallest absolute Gasteiger partial charge is 0.0659 e. The first kappa shape index (κ1) is 13.3. The summed E-state index contributed by atoms with van der Waals surface area (Å²) in [5.41, 5.74) is 1.58. The molecule has 1 saturated heterocycles. The molecule has 1 aromatic rings. The van der Waals surface area contributed by atoms with Gasteiger partial charge in [-0.3, -0.25) is 0 Å². The van der Waals surface area contributed by atoms with Crippen molar-refractivity contribution in [1.29, 1.82) is 0 Å². The highest BCUT2D eigenvalue weighted by Crippen LogP contribution is 2.36. The Hall–Kier alpha value is 0.350. The van der Waals surface area contributed by atoms with Crippen molar-refractivity contribution in [2.45, 2.75) is 38.1 Å². The van der Waals surface area contributed by atoms with Crippen molar-refractivity contribution in [3.8, 4) is 0 Å². The maximum absolute atomic E-state index is 5.56. The third-order valence-corrected chi connectivity index (χ3v) is 5.96. The number of nitrogens with one attached hydrogen (secondary N) is 1. The maximum atomic E-state index is 5.56. The molecule has 2 atom stereocenters. The first-order valence-corrected chi connectivity index (χ1v) is 8.81. The fourth-order valence-electron chi connectivity index (χ4n) is 3.01. The lowest BCUT2D eigenvalue weighted by atomic mass is 9.93. The summed E-state index contributed by atoms with van der Waals surface area (Å²) in [5.74, 6) is 0.724. The van der Waals surface area contributed by atoms with Crippen LogP contribution in [0.1, 0.15) is 42.2 Å². The molecule has 100 valence electrons. The van der Waals surface area contributed by atoms with Gasteiger partial charge in [-0.2, -0.15) is 0 Å². The van der Waals surface area contributed by atoms with Crippen molar-refractivity contribution in [3.63, 3.8) is 0 Å². The molecule has 0 saturated carbocycles. The van der Waals surface area contributed by atoms with Crippen molar-refractivity contribution < 1.29 is 4.74 Å². The number of aryl methyl sites for hydroxylation is 1. The van der Waals surface area contributed by atoms with Crippen molar-refractivity contribution in [2.75, 3.05) is 19.8 Å². The van der Waals surface area contributed by atoms with Crippen molar-refractivity contribution in [1.82, 2.24) is 5.32 Å². The Labute approximate surface area is 127 Å². The minimum absolute atomic E-state index is 0.593. The molecule has 2 aliphatic rings. The molecule has 2 heterocycles. The van der Waals surface area contributed by atoms with Crippen molar-refractivity contribution in [3.05, 3.63) is 19.4 Å². The van der Waals surface area contributed by atoms with Gasteiger partial charge >= 0.3 is 0 Å². The molecule has 1 aliphatic carbocycles. The van der Waals surface area contributed by atoms with E-state index in [-0.39, 0.29) is 0 Å². The summed E-state index contributed by atoms with van der Waals surface area (Å²) in [6.45, 7) is 3.04. The zero-order valence-electron chi connectivity index (χ0n) is 10.6. The van der Waals surface area contributed by atoms with E-state index in [2.05, 4.69) is 34.0 Å². The van der Waals surface area contributed by atoms with Gasteiger partial charge in [-0.1, -0.05) is 0 Å². The molecule has 0 aromatic carbocycles. The number of halogens is 1. The second-order valence-electron chi connectivity index (χ2n) is 5.37. The summed E-state index contributed by atoms with van der Waals surface area (Å²) >= 11 is 4.43. The standard InChI is InChI=1S/C14H20INOS/c15-14-7-11-12(4-1-5-13(11)18-14)16-8-10-3-2-6-17-9-10/h7,10,12,16H,1-6,8-9H2. The maximum Gasteiger partial charge on any atom is 0.0659 e. The lowest BCUT2D eigenvalue weighted by Gasteiger charge is -2.28. The first-order chi connectivity index (χ1) is 8.83. The molecule has 4 heteroatoms. The fourth-order valence-corrected chi connectivity index (χ4v) is 5.13. The predicted octanol–water partition coefficient (Wildman–Crippen LogP) is 3.75. The largest absolute Gasteiger partial charge is 0.381 e. The average Bonchev–Trinajstić information content (AvgIpc) is 2.78. The van der Waals surface area contributed by atoms with Gasteiger partial charge in [0.25, 0.3) is 0 Å². The third kappa shape index (κ3) is 3.08. The topological polar surface area (TPSA) is 21.3 Å². The van der Waals surface area contributed by atoms with Crippen LogP contribution in [-0.4, -0.2) is 19.8 Å². The molecule has 3 rings (SSSR count). The van der Waals surface area contributed by atoms with Gasteiger partial charge in [0.1, 0.15) is 0 Å². The highest BCUT2D eigenvalue weighted by molar-refractivity contribution is 14.1. The molecule has 1 fully saturated rings. The zero-order chi connectivity index (χ0) is 12.4. The second-order valence-corrected chi connectivity index (χ2v) is 8.40. The van der Waals surface area contributed by atoms with Crippen LogP contribution in [0.3, 0.4) is 0 Å². The number of hydrogen-bond acceptors (Lipinski definition) is 3. The summed E-state index contributed by atoms with van der Waals surface area (Å²) in [5, 5.41) is 3.78. The van der Waals surface area contributed by atoms with E-state index in [1.165, 1.54) is 35.0 Å². The molecule has 0 bridgehead atoms. The molecule has 2 nitrogen and oxygen atoms in total. The van der Waals surface area contributed by atoms with Crippen molar-refractivity contribution in [2.24, 2.45) is 5.92 Å². The molecule has 18 heavy (non-hydrogen) atoms. The Kier molecular flexibility index (Phi) is 4.59. The van der Waals surface area contributed by atoms with Gasteiger partial charge in [-0.25, -0.2) is 0 Å². The molecule has 2 unspecified atom stereocenters. The van der Waals surface area contributed by atoms with E-state index in [1.807, 2.05) is 11.3 Å². The normalized spacial score (nSPS) is 28.1. The van der Waals surface area contributed by atoms with E-state index in [4.69, 9.17) is 4.74 Å². The Morgan fingerprint density at radius 3 is 3.17 bits per heavy atom. The minimum atomic E-state index is 0.593. The predicted molar refractivity (Wildman–Crippen MR) is 84.3 cm³/mol. The quantitative estimate of drug-likeness (QED) is 0.811. The summed E-state index contributed by atoms with van der Waals surface area (Å²) in [6, 6.07) is 2.98. The average molecular weight is 377 g/mol. The Bertz CT molecular complexity index is 400. The summed E-state index contributed by atoms with van der Waals surface area (Å²) in [7, 11) is 0. The highest BCUT2D eigenvalue weighted by Gasteiger charge is 2.23. The number of fused-ring (bicyclic) bond motifs is 1. The molecular weight excluding hydrogens is 357 g/mol. The van der Waals surface area contributed by atoms with E-state index >= 15 is 0 Å². The van der Waals surface area contributed by atoms with E-state index in [1.54, 1.807) is 10.4 Å². The van der Waals surface area contributed by atoms with E-state index < -0.39 is 0 Å². The molecule has 1 N–H and O–H groups in total. The zero-order valence-corrected chi connectivity index (χ0v) is 13.6. The SMILES string of the molecule is Ic1cc2c(s1)CCCC2NCC1CCCOC1. The van der Waals surface area contributed by atoms with Crippen LogP contribution < -0.4 is 5.32 Å². The summed E-state index contributed by atoms with van der Waals surface area (Å²) in [4.78, 5) is 1.61. The van der Waals surface area contributed by atoms with Crippen LogP contribution >= 0.6 is 33.9 Å². The van der Waals surface area contributed by atoms with Gasteiger partial charge < -0.3 is 10.1 Å². The first-order valence-electron chi connectivity index (χ1n) is 6.92. The Balaban J connectivity index is 1.59. The summed E-state index contributed by atoms with van der Waals surface area (Å²) < 4.78 is 6.99. The van der Waals surface area contributed by atoms with Gasteiger partial charge in [-0.15, -0.1) is 11.3 Å². The van der Waals surface area contributed by atoms with E-state index in [0.29, 0.717) is 6.04 Å². The van der Waals surface area contributed by atoms with E-state index in [0.717, 1.165) is 25.7 Å². The third-order valence-electron chi connectivity index (χ3n) is 3.99. The highest BCUT2D eigenvalue weighted by atomic mass is 127. The van der Waals surface area contributed by atoms with E-state index in [9.17, 15) is 0 Å². The lowest BCUT2D eigenvalue weighted by molar-refractivity contribution is 0.0535. The summed E-state index contributed by atoms with van der Waals surface area (Å²) in [6.07, 6.45) is 6.48. The van der Waals surface area contributed by atoms with Crippen LogP contribution in [0.2, 0.25) is 0 Å². The number of thiophene rings is 1. The molecule has 0 amide bonds. The Morgan fingerprint density at radius 1 is 1.39 bits per heavy atom. The Morgan fingerprint density at radius 2 is 2.33 bits per heavy atom. The van der Waals surface area contributed by atoms with Gasteiger partial charge in [0, 0.05) is 24.1 Å².